The van der Waals surface area contributed by atoms with E-state index in [1.807, 2.05) is 6.07 Å². The fourth-order valence-corrected chi connectivity index (χ4v) is 3.11. The first kappa shape index (κ1) is 19.7. The molecule has 0 spiro atoms. The Labute approximate surface area is 164 Å². The summed E-state index contributed by atoms with van der Waals surface area (Å²) in [5, 5.41) is 3.96. The molecule has 7 heteroatoms. The van der Waals surface area contributed by atoms with Crippen molar-refractivity contribution in [3.63, 3.8) is 0 Å². The topological polar surface area (TPSA) is 74.2 Å². The molecule has 0 atom stereocenters. The van der Waals surface area contributed by atoms with E-state index >= 15 is 0 Å². The van der Waals surface area contributed by atoms with Gasteiger partial charge in [0.1, 0.15) is 5.75 Å². The molecule has 1 aliphatic rings. The number of nitrogens with one attached hydrogen (secondary N) is 1. The number of rotatable bonds is 8. The first-order valence-corrected chi connectivity index (χ1v) is 9.24. The maximum absolute atomic E-state index is 12.1. The van der Waals surface area contributed by atoms with E-state index in [4.69, 9.17) is 4.74 Å². The lowest BCUT2D eigenvalue weighted by atomic mass is 10.2. The number of ether oxygens (including phenoxy) is 1. The second-order valence-electron chi connectivity index (χ2n) is 6.58. The lowest BCUT2D eigenvalue weighted by molar-refractivity contribution is -0.123. The summed E-state index contributed by atoms with van der Waals surface area (Å²) < 4.78 is 4.87. The van der Waals surface area contributed by atoms with E-state index in [0.717, 1.165) is 32.7 Å². The van der Waals surface area contributed by atoms with Crippen LogP contribution in [-0.2, 0) is 16.1 Å². The number of benzene rings is 2. The van der Waals surface area contributed by atoms with Gasteiger partial charge in [0.25, 0.3) is 12.4 Å². The van der Waals surface area contributed by atoms with E-state index in [9.17, 15) is 9.59 Å². The van der Waals surface area contributed by atoms with Crippen LogP contribution in [0.4, 0.5) is 0 Å². The fraction of sp³-hybridized carbons (Fsp3) is 0.286. The minimum Gasteiger partial charge on any atom is -0.428 e. The molecule has 1 heterocycles. The summed E-state index contributed by atoms with van der Waals surface area (Å²) >= 11 is 0. The third kappa shape index (κ3) is 6.00. The van der Waals surface area contributed by atoms with Crippen molar-refractivity contribution in [3.8, 4) is 5.75 Å². The summed E-state index contributed by atoms with van der Waals surface area (Å²) in [6.07, 6.45) is 1.47. The molecular weight excluding hydrogens is 356 g/mol. The molecule has 0 unspecified atom stereocenters. The van der Waals surface area contributed by atoms with Crippen LogP contribution in [0.3, 0.4) is 0 Å². The van der Waals surface area contributed by atoms with Crippen LogP contribution in [0, 0.1) is 0 Å². The number of piperazine rings is 1. The number of hydrazone groups is 1. The molecule has 3 rings (SSSR count). The van der Waals surface area contributed by atoms with Gasteiger partial charge in [-0.3, -0.25) is 19.4 Å². The second kappa shape index (κ2) is 10.3. The predicted octanol–water partition coefficient (Wildman–Crippen LogP) is 1.49. The van der Waals surface area contributed by atoms with E-state index in [0.29, 0.717) is 24.3 Å². The van der Waals surface area contributed by atoms with Crippen molar-refractivity contribution in [3.05, 3.63) is 65.7 Å². The van der Waals surface area contributed by atoms with E-state index in [-0.39, 0.29) is 5.91 Å². The van der Waals surface area contributed by atoms with E-state index in [1.165, 1.54) is 11.8 Å². The van der Waals surface area contributed by atoms with Crippen LogP contribution in [-0.4, -0.2) is 61.1 Å². The van der Waals surface area contributed by atoms with Crippen LogP contribution in [0.15, 0.2) is 59.7 Å². The summed E-state index contributed by atoms with van der Waals surface area (Å²) in [5.41, 5.74) is 4.45. The Morgan fingerprint density at radius 2 is 1.68 bits per heavy atom. The Hall–Kier alpha value is -3.03. The Morgan fingerprint density at radius 3 is 2.43 bits per heavy atom. The Bertz CT molecular complexity index is 802. The fourth-order valence-electron chi connectivity index (χ4n) is 3.11. The predicted molar refractivity (Wildman–Crippen MR) is 107 cm³/mol. The molecule has 2 aromatic carbocycles. The number of hydrogen-bond donors (Lipinski definition) is 1. The number of nitrogens with zero attached hydrogens (tertiary/aromatic N) is 3. The minimum absolute atomic E-state index is 0.165. The van der Waals surface area contributed by atoms with Crippen LogP contribution in [0.1, 0.15) is 11.1 Å². The molecule has 1 fully saturated rings. The minimum atomic E-state index is -0.165. The summed E-state index contributed by atoms with van der Waals surface area (Å²) in [4.78, 5) is 27.1. The maximum Gasteiger partial charge on any atom is 0.298 e. The standard InChI is InChI=1S/C21H24N4O3/c26-17-28-20-9-5-4-8-19(20)14-22-23-21(27)16-25-12-10-24(11-13-25)15-18-6-2-1-3-7-18/h1-9,14,17H,10-13,15-16H2,(H,23,27)/b22-14+. The molecule has 0 saturated carbocycles. The van der Waals surface area contributed by atoms with Crippen LogP contribution in [0.25, 0.3) is 0 Å². The molecule has 0 bridgehead atoms. The van der Waals surface area contributed by atoms with Gasteiger partial charge in [0.2, 0.25) is 0 Å². The molecule has 28 heavy (non-hydrogen) atoms. The summed E-state index contributed by atoms with van der Waals surface area (Å²) in [6.45, 7) is 5.17. The third-order valence-electron chi connectivity index (χ3n) is 4.57. The number of amides is 1. The Morgan fingerprint density at radius 1 is 1.00 bits per heavy atom. The summed E-state index contributed by atoms with van der Waals surface area (Å²) in [7, 11) is 0. The van der Waals surface area contributed by atoms with Gasteiger partial charge in [-0.25, -0.2) is 5.43 Å². The molecule has 0 aliphatic carbocycles. The van der Waals surface area contributed by atoms with Gasteiger partial charge in [-0.1, -0.05) is 42.5 Å². The van der Waals surface area contributed by atoms with Gasteiger partial charge in [-0.15, -0.1) is 0 Å². The zero-order valence-corrected chi connectivity index (χ0v) is 15.7. The zero-order valence-electron chi connectivity index (χ0n) is 15.7. The molecule has 0 aromatic heterocycles. The van der Waals surface area contributed by atoms with Gasteiger partial charge in [0.05, 0.1) is 12.8 Å². The van der Waals surface area contributed by atoms with Crippen molar-refractivity contribution in [2.24, 2.45) is 5.10 Å². The highest BCUT2D eigenvalue weighted by atomic mass is 16.5. The lowest BCUT2D eigenvalue weighted by Gasteiger charge is -2.34. The summed E-state index contributed by atoms with van der Waals surface area (Å²) in [5.74, 6) is 0.228. The van der Waals surface area contributed by atoms with E-state index in [2.05, 4.69) is 44.6 Å². The molecule has 0 radical (unpaired) electrons. The van der Waals surface area contributed by atoms with Crippen molar-refractivity contribution in [2.45, 2.75) is 6.54 Å². The average Bonchev–Trinajstić information content (AvgIpc) is 2.72. The van der Waals surface area contributed by atoms with Crippen LogP contribution >= 0.6 is 0 Å². The highest BCUT2D eigenvalue weighted by molar-refractivity contribution is 5.86. The van der Waals surface area contributed by atoms with E-state index in [1.54, 1.807) is 24.3 Å². The molecule has 1 saturated heterocycles. The first-order valence-electron chi connectivity index (χ1n) is 9.24. The van der Waals surface area contributed by atoms with Crippen LogP contribution in [0.5, 0.6) is 5.75 Å². The highest BCUT2D eigenvalue weighted by Gasteiger charge is 2.18. The van der Waals surface area contributed by atoms with Crippen molar-refractivity contribution in [1.82, 2.24) is 15.2 Å². The van der Waals surface area contributed by atoms with Gasteiger partial charge in [0.15, 0.2) is 0 Å². The number of hydrogen-bond acceptors (Lipinski definition) is 6. The van der Waals surface area contributed by atoms with Crippen LogP contribution < -0.4 is 10.2 Å². The zero-order chi connectivity index (χ0) is 19.6. The lowest BCUT2D eigenvalue weighted by Crippen LogP contribution is -2.48. The second-order valence-corrected chi connectivity index (χ2v) is 6.58. The van der Waals surface area contributed by atoms with Gasteiger partial charge in [0, 0.05) is 38.3 Å². The summed E-state index contributed by atoms with van der Waals surface area (Å²) in [6, 6.07) is 17.4. The normalized spacial score (nSPS) is 15.4. The third-order valence-corrected chi connectivity index (χ3v) is 4.57. The molecule has 7 nitrogen and oxygen atoms in total. The van der Waals surface area contributed by atoms with Gasteiger partial charge >= 0.3 is 0 Å². The highest BCUT2D eigenvalue weighted by Crippen LogP contribution is 2.14. The van der Waals surface area contributed by atoms with Gasteiger partial charge < -0.3 is 4.74 Å². The number of carbonyl (C=O) groups is 2. The molecule has 146 valence electrons. The van der Waals surface area contributed by atoms with Crippen molar-refractivity contribution in [2.75, 3.05) is 32.7 Å². The molecule has 2 aromatic rings. The molecule has 1 amide bonds. The Kier molecular flexibility index (Phi) is 7.29. The number of carbonyl (C=O) groups excluding carboxylic acids is 2. The maximum atomic E-state index is 12.1. The first-order chi connectivity index (χ1) is 13.7. The molecule has 1 aliphatic heterocycles. The van der Waals surface area contributed by atoms with Crippen molar-refractivity contribution < 1.29 is 14.3 Å². The van der Waals surface area contributed by atoms with Crippen molar-refractivity contribution >= 4 is 18.6 Å². The van der Waals surface area contributed by atoms with Crippen LogP contribution in [0.2, 0.25) is 0 Å². The molecular formula is C21H24N4O3. The largest absolute Gasteiger partial charge is 0.428 e. The van der Waals surface area contributed by atoms with Gasteiger partial charge in [-0.2, -0.15) is 5.10 Å². The number of para-hydroxylation sites is 1. The SMILES string of the molecule is O=COc1ccccc1/C=N/NC(=O)CN1CCN(Cc2ccccc2)CC1. The average molecular weight is 380 g/mol. The van der Waals surface area contributed by atoms with Crippen molar-refractivity contribution in [1.29, 1.82) is 0 Å². The Balaban J connectivity index is 1.41. The molecule has 1 N–H and O–H groups in total. The van der Waals surface area contributed by atoms with E-state index < -0.39 is 0 Å². The van der Waals surface area contributed by atoms with Gasteiger partial charge in [-0.05, 0) is 17.7 Å². The smallest absolute Gasteiger partial charge is 0.298 e. The monoisotopic (exact) mass is 380 g/mol. The quantitative estimate of drug-likeness (QED) is 0.427.